The van der Waals surface area contributed by atoms with E-state index >= 15 is 0 Å². The van der Waals surface area contributed by atoms with Crippen molar-refractivity contribution < 1.29 is 27.8 Å². The van der Waals surface area contributed by atoms with Gasteiger partial charge in [0, 0.05) is 12.0 Å². The van der Waals surface area contributed by atoms with Gasteiger partial charge in [0.25, 0.3) is 6.43 Å². The fraction of sp³-hybridized carbons (Fsp3) is 0.308. The van der Waals surface area contributed by atoms with Gasteiger partial charge in [-0.25, -0.2) is 13.6 Å². The van der Waals surface area contributed by atoms with E-state index in [1.54, 1.807) is 12.1 Å². The molecular formula is C13H12F2N2O4. The molecule has 8 heteroatoms. The molecule has 6 nitrogen and oxygen atoms in total. The number of aromatic nitrogens is 2. The number of hydrogen-bond acceptors (Lipinski definition) is 5. The second kappa shape index (κ2) is 6.89. The molecule has 0 saturated carbocycles. The van der Waals surface area contributed by atoms with Crippen molar-refractivity contribution >= 4 is 5.97 Å². The van der Waals surface area contributed by atoms with Gasteiger partial charge < -0.3 is 14.3 Å². The number of carbonyl (C=O) groups is 1. The lowest BCUT2D eigenvalue weighted by atomic mass is 10.1. The molecule has 2 rings (SSSR count). The van der Waals surface area contributed by atoms with Crippen molar-refractivity contribution in [2.45, 2.75) is 12.8 Å². The fourth-order valence-electron chi connectivity index (χ4n) is 1.56. The molecule has 1 aromatic carbocycles. The highest BCUT2D eigenvalue weighted by Crippen LogP contribution is 2.18. The lowest BCUT2D eigenvalue weighted by Gasteiger charge is -2.00. The topological polar surface area (TPSA) is 85.5 Å². The van der Waals surface area contributed by atoms with Crippen LogP contribution in [0.4, 0.5) is 8.78 Å². The normalized spacial score (nSPS) is 11.0. The highest BCUT2D eigenvalue weighted by molar-refractivity contribution is 5.88. The summed E-state index contributed by atoms with van der Waals surface area (Å²) in [6.07, 6.45) is -2.27. The zero-order chi connectivity index (χ0) is 15.2. The molecule has 0 atom stereocenters. The predicted octanol–water partition coefficient (Wildman–Crippen LogP) is 2.26. The van der Waals surface area contributed by atoms with Gasteiger partial charge in [-0.1, -0.05) is 0 Å². The molecular weight excluding hydrogens is 286 g/mol. The molecule has 0 unspecified atom stereocenters. The average Bonchev–Trinajstić information content (AvgIpc) is 2.92. The molecule has 0 fully saturated rings. The number of halogens is 2. The van der Waals surface area contributed by atoms with Gasteiger partial charge in [0.1, 0.15) is 6.61 Å². The Bertz CT molecular complexity index is 598. The third-order valence-corrected chi connectivity index (χ3v) is 2.55. The highest BCUT2D eigenvalue weighted by Gasteiger charge is 2.10. The first kappa shape index (κ1) is 15.0. The van der Waals surface area contributed by atoms with Gasteiger partial charge in [0.2, 0.25) is 11.8 Å². The maximum absolute atomic E-state index is 11.9. The van der Waals surface area contributed by atoms with Crippen LogP contribution in [0.2, 0.25) is 0 Å². The third-order valence-electron chi connectivity index (χ3n) is 2.55. The first-order valence-corrected chi connectivity index (χ1v) is 6.08. The van der Waals surface area contributed by atoms with E-state index in [1.165, 1.54) is 12.1 Å². The van der Waals surface area contributed by atoms with Crippen LogP contribution in [0.5, 0.6) is 0 Å². The van der Waals surface area contributed by atoms with E-state index in [-0.39, 0.29) is 30.4 Å². The zero-order valence-electron chi connectivity index (χ0n) is 10.8. The molecule has 0 aliphatic heterocycles. The summed E-state index contributed by atoms with van der Waals surface area (Å²) < 4.78 is 33.8. The van der Waals surface area contributed by atoms with Crippen LogP contribution < -0.4 is 0 Å². The minimum Gasteiger partial charge on any atom is -0.478 e. The summed E-state index contributed by atoms with van der Waals surface area (Å²) in [5.41, 5.74) is 0.728. The standard InChI is InChI=1S/C13H12F2N2O4/c14-10(15)7-20-6-5-11-16-17-12(21-11)8-1-3-9(4-2-8)13(18)19/h1-4,10H,5-7H2,(H,18,19). The van der Waals surface area contributed by atoms with Crippen LogP contribution in [0, 0.1) is 0 Å². The van der Waals surface area contributed by atoms with Gasteiger partial charge >= 0.3 is 5.97 Å². The van der Waals surface area contributed by atoms with E-state index in [0.29, 0.717) is 5.56 Å². The van der Waals surface area contributed by atoms with Crippen molar-refractivity contribution in [1.29, 1.82) is 0 Å². The van der Waals surface area contributed by atoms with Crippen LogP contribution in [0.15, 0.2) is 28.7 Å². The third kappa shape index (κ3) is 4.32. The highest BCUT2D eigenvalue weighted by atomic mass is 19.3. The second-order valence-corrected chi connectivity index (χ2v) is 4.10. The number of aromatic carboxylic acids is 1. The minimum atomic E-state index is -2.50. The summed E-state index contributed by atoms with van der Waals surface area (Å²) in [7, 11) is 0. The number of nitrogens with zero attached hydrogens (tertiary/aromatic N) is 2. The number of ether oxygens (including phenoxy) is 1. The Morgan fingerprint density at radius 2 is 2.00 bits per heavy atom. The zero-order valence-corrected chi connectivity index (χ0v) is 10.8. The lowest BCUT2D eigenvalue weighted by Crippen LogP contribution is -2.07. The summed E-state index contributed by atoms with van der Waals surface area (Å²) >= 11 is 0. The van der Waals surface area contributed by atoms with Gasteiger partial charge in [0.05, 0.1) is 12.2 Å². The van der Waals surface area contributed by atoms with Crippen molar-refractivity contribution in [1.82, 2.24) is 10.2 Å². The van der Waals surface area contributed by atoms with Crippen molar-refractivity contribution in [3.63, 3.8) is 0 Å². The van der Waals surface area contributed by atoms with Crippen LogP contribution >= 0.6 is 0 Å². The van der Waals surface area contributed by atoms with Gasteiger partial charge in [0.15, 0.2) is 0 Å². The van der Waals surface area contributed by atoms with E-state index in [4.69, 9.17) is 14.3 Å². The minimum absolute atomic E-state index is 0.0594. The summed E-state index contributed by atoms with van der Waals surface area (Å²) in [6, 6.07) is 5.95. The molecule has 0 amide bonds. The van der Waals surface area contributed by atoms with Crippen LogP contribution in [-0.2, 0) is 11.2 Å². The van der Waals surface area contributed by atoms with Gasteiger partial charge in [-0.05, 0) is 24.3 Å². The SMILES string of the molecule is O=C(O)c1ccc(-c2nnc(CCOCC(F)F)o2)cc1. The van der Waals surface area contributed by atoms with Gasteiger partial charge in [-0.2, -0.15) is 0 Å². The smallest absolute Gasteiger partial charge is 0.335 e. The van der Waals surface area contributed by atoms with Crippen LogP contribution in [0.3, 0.4) is 0 Å². The number of carboxylic acid groups (broad SMARTS) is 1. The molecule has 112 valence electrons. The van der Waals surface area contributed by atoms with Crippen molar-refractivity contribution in [3.8, 4) is 11.5 Å². The van der Waals surface area contributed by atoms with Crippen LogP contribution in [0.1, 0.15) is 16.2 Å². The Hall–Kier alpha value is -2.35. The fourth-order valence-corrected chi connectivity index (χ4v) is 1.56. The summed E-state index contributed by atoms with van der Waals surface area (Å²) in [5.74, 6) is -0.527. The maximum Gasteiger partial charge on any atom is 0.335 e. The van der Waals surface area contributed by atoms with Crippen molar-refractivity contribution in [2.24, 2.45) is 0 Å². The van der Waals surface area contributed by atoms with E-state index in [9.17, 15) is 13.6 Å². The monoisotopic (exact) mass is 298 g/mol. The Balaban J connectivity index is 1.94. The molecule has 1 N–H and O–H groups in total. The molecule has 0 bridgehead atoms. The quantitative estimate of drug-likeness (QED) is 0.789. The molecule has 0 aliphatic rings. The van der Waals surface area contributed by atoms with Crippen LogP contribution in [-0.4, -0.2) is 40.9 Å². The lowest BCUT2D eigenvalue weighted by molar-refractivity contribution is 0.0174. The number of hydrogen-bond donors (Lipinski definition) is 1. The second-order valence-electron chi connectivity index (χ2n) is 4.10. The average molecular weight is 298 g/mol. The first-order chi connectivity index (χ1) is 10.1. The number of rotatable bonds is 7. The molecule has 1 aromatic heterocycles. The van der Waals surface area contributed by atoms with E-state index in [2.05, 4.69) is 10.2 Å². The largest absolute Gasteiger partial charge is 0.478 e. The Morgan fingerprint density at radius 3 is 2.62 bits per heavy atom. The van der Waals surface area contributed by atoms with E-state index in [1.807, 2.05) is 0 Å². The molecule has 0 spiro atoms. The molecule has 0 radical (unpaired) electrons. The van der Waals surface area contributed by atoms with Crippen molar-refractivity contribution in [2.75, 3.05) is 13.2 Å². The van der Waals surface area contributed by atoms with Gasteiger partial charge in [-0.3, -0.25) is 0 Å². The number of alkyl halides is 2. The summed E-state index contributed by atoms with van der Waals surface area (Å²) in [5, 5.41) is 16.4. The molecule has 2 aromatic rings. The Morgan fingerprint density at radius 1 is 1.29 bits per heavy atom. The Kier molecular flexibility index (Phi) is 4.94. The molecule has 0 saturated heterocycles. The Labute approximate surface area is 118 Å². The van der Waals surface area contributed by atoms with E-state index < -0.39 is 19.0 Å². The molecule has 21 heavy (non-hydrogen) atoms. The van der Waals surface area contributed by atoms with Gasteiger partial charge in [-0.15, -0.1) is 10.2 Å². The van der Waals surface area contributed by atoms with E-state index in [0.717, 1.165) is 0 Å². The van der Waals surface area contributed by atoms with Crippen molar-refractivity contribution in [3.05, 3.63) is 35.7 Å². The number of benzene rings is 1. The predicted molar refractivity (Wildman–Crippen MR) is 67.2 cm³/mol. The summed E-state index contributed by atoms with van der Waals surface area (Å²) in [6.45, 7) is -0.568. The first-order valence-electron chi connectivity index (χ1n) is 6.08. The summed E-state index contributed by atoms with van der Waals surface area (Å²) in [4.78, 5) is 10.7. The maximum atomic E-state index is 11.9. The molecule has 0 aliphatic carbocycles. The number of carboxylic acids is 1. The van der Waals surface area contributed by atoms with Crippen LogP contribution in [0.25, 0.3) is 11.5 Å². The molecule has 1 heterocycles.